The fraction of sp³-hybridized carbons (Fsp3) is 0.500. The predicted octanol–water partition coefficient (Wildman–Crippen LogP) is 2.20. The second-order valence-corrected chi connectivity index (χ2v) is 4.13. The Labute approximate surface area is 103 Å². The molecule has 0 spiro atoms. The van der Waals surface area contributed by atoms with Gasteiger partial charge in [0.2, 0.25) is 5.91 Å². The van der Waals surface area contributed by atoms with Crippen molar-refractivity contribution in [1.29, 1.82) is 0 Å². The van der Waals surface area contributed by atoms with Gasteiger partial charge in [-0.05, 0) is 18.4 Å². The maximum absolute atomic E-state index is 11.9. The molecule has 0 aliphatic carbocycles. The molecule has 3 heteroatoms. The molecule has 0 aliphatic heterocycles. The maximum atomic E-state index is 11.9. The summed E-state index contributed by atoms with van der Waals surface area (Å²) in [5, 5.41) is 8.75. The molecule has 0 aliphatic rings. The Morgan fingerprint density at radius 3 is 2.59 bits per heavy atom. The van der Waals surface area contributed by atoms with Gasteiger partial charge in [0.1, 0.15) is 0 Å². The zero-order valence-electron chi connectivity index (χ0n) is 10.4. The lowest BCUT2D eigenvalue weighted by Gasteiger charge is -2.22. The number of aliphatic hydroxyl groups is 1. The van der Waals surface area contributed by atoms with Crippen LogP contribution >= 0.6 is 0 Å². The first-order chi connectivity index (χ1) is 8.27. The molecule has 1 aromatic carbocycles. The summed E-state index contributed by atoms with van der Waals surface area (Å²) in [7, 11) is 0. The van der Waals surface area contributed by atoms with Gasteiger partial charge >= 0.3 is 0 Å². The monoisotopic (exact) mass is 235 g/mol. The summed E-state index contributed by atoms with van der Waals surface area (Å²) in [4.78, 5) is 13.8. The van der Waals surface area contributed by atoms with E-state index in [-0.39, 0.29) is 12.5 Å². The number of hydrogen-bond donors (Lipinski definition) is 1. The van der Waals surface area contributed by atoms with Gasteiger partial charge in [0.25, 0.3) is 0 Å². The average molecular weight is 235 g/mol. The predicted molar refractivity (Wildman–Crippen MR) is 68.5 cm³/mol. The molecule has 1 amide bonds. The lowest BCUT2D eigenvalue weighted by Crippen LogP contribution is -2.31. The Kier molecular flexibility index (Phi) is 6.33. The zero-order valence-corrected chi connectivity index (χ0v) is 10.4. The van der Waals surface area contributed by atoms with Crippen LogP contribution in [0.15, 0.2) is 30.3 Å². The second kappa shape index (κ2) is 7.85. The van der Waals surface area contributed by atoms with Gasteiger partial charge in [-0.2, -0.15) is 0 Å². The van der Waals surface area contributed by atoms with E-state index in [1.165, 1.54) is 0 Å². The molecule has 3 nitrogen and oxygen atoms in total. The summed E-state index contributed by atoms with van der Waals surface area (Å²) >= 11 is 0. The SMILES string of the molecule is CCCN(Cc1ccccc1)C(=O)CCCO. The lowest BCUT2D eigenvalue weighted by molar-refractivity contribution is -0.132. The number of rotatable bonds is 7. The van der Waals surface area contributed by atoms with Gasteiger partial charge in [-0.25, -0.2) is 0 Å². The maximum Gasteiger partial charge on any atom is 0.222 e. The number of carbonyl (C=O) groups is 1. The molecule has 0 saturated carbocycles. The van der Waals surface area contributed by atoms with Crippen molar-refractivity contribution < 1.29 is 9.90 Å². The van der Waals surface area contributed by atoms with E-state index in [0.717, 1.165) is 18.5 Å². The smallest absolute Gasteiger partial charge is 0.222 e. The number of benzene rings is 1. The molecule has 0 atom stereocenters. The van der Waals surface area contributed by atoms with Crippen LogP contribution in [-0.4, -0.2) is 29.1 Å². The van der Waals surface area contributed by atoms with Gasteiger partial charge in [0.05, 0.1) is 0 Å². The van der Waals surface area contributed by atoms with Crippen LogP contribution in [0.4, 0.5) is 0 Å². The van der Waals surface area contributed by atoms with Gasteiger partial charge in [-0.3, -0.25) is 4.79 Å². The van der Waals surface area contributed by atoms with E-state index in [1.807, 2.05) is 35.2 Å². The third-order valence-electron chi connectivity index (χ3n) is 2.61. The van der Waals surface area contributed by atoms with Gasteiger partial charge in [0.15, 0.2) is 0 Å². The fourth-order valence-corrected chi connectivity index (χ4v) is 1.75. The highest BCUT2D eigenvalue weighted by molar-refractivity contribution is 5.76. The third-order valence-corrected chi connectivity index (χ3v) is 2.61. The molecule has 1 rings (SSSR count). The Bertz CT molecular complexity index is 324. The van der Waals surface area contributed by atoms with Crippen molar-refractivity contribution in [3.63, 3.8) is 0 Å². The third kappa shape index (κ3) is 5.00. The Hall–Kier alpha value is -1.35. The minimum atomic E-state index is 0.0804. The Balaban J connectivity index is 2.56. The van der Waals surface area contributed by atoms with Crippen molar-refractivity contribution in [3.8, 4) is 0 Å². The summed E-state index contributed by atoms with van der Waals surface area (Å²) in [6.45, 7) is 3.59. The van der Waals surface area contributed by atoms with Gasteiger partial charge in [0, 0.05) is 26.1 Å². The number of amides is 1. The van der Waals surface area contributed by atoms with E-state index < -0.39 is 0 Å². The van der Waals surface area contributed by atoms with Gasteiger partial charge < -0.3 is 10.0 Å². The summed E-state index contributed by atoms with van der Waals surface area (Å²) in [6, 6.07) is 10.0. The standard InChI is InChI=1S/C14H21NO2/c1-2-10-15(14(17)9-6-11-16)12-13-7-4-3-5-8-13/h3-5,7-8,16H,2,6,9-12H2,1H3. The summed E-state index contributed by atoms with van der Waals surface area (Å²) in [5.74, 6) is 0.129. The van der Waals surface area contributed by atoms with E-state index in [2.05, 4.69) is 6.92 Å². The number of aliphatic hydroxyl groups excluding tert-OH is 1. The molecule has 0 radical (unpaired) electrons. The molecule has 0 aromatic heterocycles. The first-order valence-electron chi connectivity index (χ1n) is 6.20. The highest BCUT2D eigenvalue weighted by Gasteiger charge is 2.12. The molecule has 0 fully saturated rings. The Morgan fingerprint density at radius 2 is 2.00 bits per heavy atom. The van der Waals surface area contributed by atoms with Crippen LogP contribution in [0.3, 0.4) is 0 Å². The van der Waals surface area contributed by atoms with Crippen molar-refractivity contribution in [1.82, 2.24) is 4.90 Å². The van der Waals surface area contributed by atoms with E-state index in [1.54, 1.807) is 0 Å². The molecule has 0 heterocycles. The van der Waals surface area contributed by atoms with E-state index >= 15 is 0 Å². The van der Waals surface area contributed by atoms with Crippen LogP contribution < -0.4 is 0 Å². The second-order valence-electron chi connectivity index (χ2n) is 4.13. The minimum absolute atomic E-state index is 0.0804. The van der Waals surface area contributed by atoms with Crippen LogP contribution in [0.25, 0.3) is 0 Å². The molecule has 0 bridgehead atoms. The van der Waals surface area contributed by atoms with Crippen molar-refractivity contribution in [2.75, 3.05) is 13.2 Å². The molecular weight excluding hydrogens is 214 g/mol. The summed E-state index contributed by atoms with van der Waals surface area (Å²) in [6.07, 6.45) is 1.94. The largest absolute Gasteiger partial charge is 0.396 e. The molecule has 0 unspecified atom stereocenters. The first kappa shape index (κ1) is 13.7. The van der Waals surface area contributed by atoms with Crippen LogP contribution in [0.1, 0.15) is 31.7 Å². The number of hydrogen-bond acceptors (Lipinski definition) is 2. The van der Waals surface area contributed by atoms with Crippen LogP contribution in [-0.2, 0) is 11.3 Å². The molecule has 0 saturated heterocycles. The number of nitrogens with zero attached hydrogens (tertiary/aromatic N) is 1. The molecule has 1 N–H and O–H groups in total. The summed E-state index contributed by atoms with van der Waals surface area (Å²) in [5.41, 5.74) is 1.15. The molecular formula is C14H21NO2. The van der Waals surface area contributed by atoms with Crippen molar-refractivity contribution in [3.05, 3.63) is 35.9 Å². The average Bonchev–Trinajstić information content (AvgIpc) is 2.36. The molecule has 1 aromatic rings. The highest BCUT2D eigenvalue weighted by atomic mass is 16.3. The minimum Gasteiger partial charge on any atom is -0.396 e. The normalized spacial score (nSPS) is 10.2. The van der Waals surface area contributed by atoms with Crippen molar-refractivity contribution >= 4 is 5.91 Å². The van der Waals surface area contributed by atoms with Crippen molar-refractivity contribution in [2.45, 2.75) is 32.7 Å². The summed E-state index contributed by atoms with van der Waals surface area (Å²) < 4.78 is 0. The van der Waals surface area contributed by atoms with E-state index in [0.29, 0.717) is 19.4 Å². The zero-order chi connectivity index (χ0) is 12.5. The van der Waals surface area contributed by atoms with Crippen LogP contribution in [0.2, 0.25) is 0 Å². The first-order valence-corrected chi connectivity index (χ1v) is 6.20. The number of carbonyl (C=O) groups excluding carboxylic acids is 1. The fourth-order valence-electron chi connectivity index (χ4n) is 1.75. The molecule has 94 valence electrons. The Morgan fingerprint density at radius 1 is 1.29 bits per heavy atom. The quantitative estimate of drug-likeness (QED) is 0.787. The van der Waals surface area contributed by atoms with Gasteiger partial charge in [-0.1, -0.05) is 37.3 Å². The van der Waals surface area contributed by atoms with E-state index in [4.69, 9.17) is 5.11 Å². The van der Waals surface area contributed by atoms with Crippen molar-refractivity contribution in [2.24, 2.45) is 0 Å². The molecule has 17 heavy (non-hydrogen) atoms. The highest BCUT2D eigenvalue weighted by Crippen LogP contribution is 2.07. The van der Waals surface area contributed by atoms with E-state index in [9.17, 15) is 4.79 Å². The topological polar surface area (TPSA) is 40.5 Å². The lowest BCUT2D eigenvalue weighted by atomic mass is 10.2. The van der Waals surface area contributed by atoms with Crippen LogP contribution in [0.5, 0.6) is 0 Å². The van der Waals surface area contributed by atoms with Gasteiger partial charge in [-0.15, -0.1) is 0 Å². The van der Waals surface area contributed by atoms with Crippen LogP contribution in [0, 0.1) is 0 Å².